The number of anilines is 1. The van der Waals surface area contributed by atoms with E-state index in [1.807, 2.05) is 0 Å². The third-order valence-corrected chi connectivity index (χ3v) is 5.79. The molecule has 0 saturated heterocycles. The Morgan fingerprint density at radius 2 is 1.85 bits per heavy atom. The van der Waals surface area contributed by atoms with E-state index in [2.05, 4.69) is 30.8 Å². The Labute approximate surface area is 129 Å². The summed E-state index contributed by atoms with van der Waals surface area (Å²) in [5, 5.41) is 1.62. The summed E-state index contributed by atoms with van der Waals surface area (Å²) in [7, 11) is 2.10. The minimum atomic E-state index is 0.555. The second-order valence-corrected chi connectivity index (χ2v) is 7.24. The maximum atomic E-state index is 6.39. The molecule has 0 aliphatic heterocycles. The Balaban J connectivity index is 1.99. The van der Waals surface area contributed by atoms with E-state index >= 15 is 0 Å². The van der Waals surface area contributed by atoms with Crippen LogP contribution in [0.4, 0.5) is 5.95 Å². The Morgan fingerprint density at radius 1 is 1.15 bits per heavy atom. The molecule has 0 atom stereocenters. The zero-order chi connectivity index (χ0) is 14.3. The van der Waals surface area contributed by atoms with E-state index < -0.39 is 0 Å². The number of halogens is 1. The summed E-state index contributed by atoms with van der Waals surface area (Å²) in [6, 6.07) is 0.555. The summed E-state index contributed by atoms with van der Waals surface area (Å²) in [6.07, 6.45) is 6.44. The molecule has 0 amide bonds. The third-order valence-electron chi connectivity index (χ3n) is 4.41. The number of aromatic nitrogens is 2. The van der Waals surface area contributed by atoms with Crippen molar-refractivity contribution in [2.75, 3.05) is 11.9 Å². The number of rotatable bonds is 2. The molecule has 0 unspecified atom stereocenters. The molecule has 0 N–H and O–H groups in total. The van der Waals surface area contributed by atoms with Crippen LogP contribution in [0.15, 0.2) is 0 Å². The second-order valence-electron chi connectivity index (χ2n) is 5.68. The van der Waals surface area contributed by atoms with E-state index in [4.69, 9.17) is 16.6 Å². The van der Waals surface area contributed by atoms with Crippen molar-refractivity contribution in [2.45, 2.75) is 52.0 Å². The molecule has 3 nitrogen and oxygen atoms in total. The summed E-state index contributed by atoms with van der Waals surface area (Å²) < 4.78 is 0. The molecule has 1 aliphatic carbocycles. The minimum absolute atomic E-state index is 0.555. The van der Waals surface area contributed by atoms with Crippen LogP contribution >= 0.6 is 22.9 Å². The summed E-state index contributed by atoms with van der Waals surface area (Å²) >= 11 is 8.10. The molecule has 0 spiro atoms. The van der Waals surface area contributed by atoms with Crippen molar-refractivity contribution < 1.29 is 0 Å². The molecule has 2 aromatic rings. The molecular weight excluding hydrogens is 290 g/mol. The summed E-state index contributed by atoms with van der Waals surface area (Å²) in [4.78, 5) is 13.8. The van der Waals surface area contributed by atoms with Crippen molar-refractivity contribution in [3.63, 3.8) is 0 Å². The van der Waals surface area contributed by atoms with Gasteiger partial charge in [0.25, 0.3) is 0 Å². The van der Waals surface area contributed by atoms with Crippen molar-refractivity contribution in [3.8, 4) is 0 Å². The van der Waals surface area contributed by atoms with E-state index in [9.17, 15) is 0 Å². The molecule has 1 fully saturated rings. The molecule has 0 bridgehead atoms. The van der Waals surface area contributed by atoms with Crippen LogP contribution in [0.3, 0.4) is 0 Å². The van der Waals surface area contributed by atoms with Gasteiger partial charge in [-0.15, -0.1) is 11.3 Å². The molecule has 2 aromatic heterocycles. The standard InChI is InChI=1S/C15H20ClN3S/c1-9-10(2)20-14-12(9)13(16)17-15(18-14)19(3)11-7-5-4-6-8-11/h11H,4-8H2,1-3H3. The van der Waals surface area contributed by atoms with Gasteiger partial charge in [-0.25, -0.2) is 9.97 Å². The maximum Gasteiger partial charge on any atom is 0.228 e. The number of thiophene rings is 1. The van der Waals surface area contributed by atoms with Crippen molar-refractivity contribution >= 4 is 39.1 Å². The van der Waals surface area contributed by atoms with Gasteiger partial charge < -0.3 is 4.90 Å². The minimum Gasteiger partial charge on any atom is -0.341 e. The third kappa shape index (κ3) is 2.40. The fourth-order valence-electron chi connectivity index (χ4n) is 2.98. The fraction of sp³-hybridized carbons (Fsp3) is 0.600. The molecule has 5 heteroatoms. The smallest absolute Gasteiger partial charge is 0.228 e. The first-order valence-corrected chi connectivity index (χ1v) is 8.43. The quantitative estimate of drug-likeness (QED) is 0.751. The van der Waals surface area contributed by atoms with Gasteiger partial charge in [-0.2, -0.15) is 0 Å². The molecule has 1 saturated carbocycles. The van der Waals surface area contributed by atoms with Gasteiger partial charge in [-0.05, 0) is 32.3 Å². The molecular formula is C15H20ClN3S. The largest absolute Gasteiger partial charge is 0.341 e. The lowest BCUT2D eigenvalue weighted by atomic mass is 9.95. The number of nitrogens with zero attached hydrogens (tertiary/aromatic N) is 3. The highest BCUT2D eigenvalue weighted by Crippen LogP contribution is 2.35. The van der Waals surface area contributed by atoms with Crippen LogP contribution in [0.2, 0.25) is 5.15 Å². The molecule has 108 valence electrons. The van der Waals surface area contributed by atoms with Gasteiger partial charge in [0, 0.05) is 18.0 Å². The van der Waals surface area contributed by atoms with Gasteiger partial charge in [-0.1, -0.05) is 30.9 Å². The predicted octanol–water partition coefficient (Wildman–Crippen LogP) is 4.73. The maximum absolute atomic E-state index is 6.39. The lowest BCUT2D eigenvalue weighted by Gasteiger charge is -2.31. The van der Waals surface area contributed by atoms with Gasteiger partial charge in [-0.3, -0.25) is 0 Å². The predicted molar refractivity (Wildman–Crippen MR) is 87.2 cm³/mol. The first kappa shape index (κ1) is 14.1. The topological polar surface area (TPSA) is 29.0 Å². The van der Waals surface area contributed by atoms with Crippen LogP contribution in [-0.4, -0.2) is 23.1 Å². The van der Waals surface area contributed by atoms with Gasteiger partial charge in [0.15, 0.2) is 0 Å². The van der Waals surface area contributed by atoms with E-state index in [-0.39, 0.29) is 0 Å². The van der Waals surface area contributed by atoms with Gasteiger partial charge in [0.05, 0.1) is 5.39 Å². The van der Waals surface area contributed by atoms with Crippen LogP contribution < -0.4 is 4.90 Å². The van der Waals surface area contributed by atoms with Crippen LogP contribution in [0.5, 0.6) is 0 Å². The van der Waals surface area contributed by atoms with E-state index in [0.717, 1.165) is 16.2 Å². The zero-order valence-electron chi connectivity index (χ0n) is 12.2. The van der Waals surface area contributed by atoms with E-state index in [0.29, 0.717) is 11.2 Å². The summed E-state index contributed by atoms with van der Waals surface area (Å²) in [6.45, 7) is 4.20. The fourth-order valence-corrected chi connectivity index (χ4v) is 4.37. The molecule has 2 heterocycles. The van der Waals surface area contributed by atoms with Crippen LogP contribution in [-0.2, 0) is 0 Å². The van der Waals surface area contributed by atoms with Crippen molar-refractivity contribution in [2.24, 2.45) is 0 Å². The van der Waals surface area contributed by atoms with Crippen molar-refractivity contribution in [1.82, 2.24) is 9.97 Å². The van der Waals surface area contributed by atoms with Crippen LogP contribution in [0, 0.1) is 13.8 Å². The molecule has 3 rings (SSSR count). The first-order valence-electron chi connectivity index (χ1n) is 7.24. The Hall–Kier alpha value is -0.870. The summed E-state index contributed by atoms with van der Waals surface area (Å²) in [5.41, 5.74) is 1.21. The number of hydrogen-bond acceptors (Lipinski definition) is 4. The molecule has 1 aliphatic rings. The highest BCUT2D eigenvalue weighted by Gasteiger charge is 2.22. The summed E-state index contributed by atoms with van der Waals surface area (Å²) in [5.74, 6) is 0.774. The van der Waals surface area contributed by atoms with Crippen LogP contribution in [0.25, 0.3) is 10.2 Å². The SMILES string of the molecule is Cc1sc2nc(N(C)C3CCCCC3)nc(Cl)c2c1C. The Morgan fingerprint density at radius 3 is 2.55 bits per heavy atom. The lowest BCUT2D eigenvalue weighted by molar-refractivity contribution is 0.424. The molecule has 0 radical (unpaired) electrons. The van der Waals surface area contributed by atoms with Gasteiger partial charge in [0.2, 0.25) is 5.95 Å². The van der Waals surface area contributed by atoms with Gasteiger partial charge >= 0.3 is 0 Å². The van der Waals surface area contributed by atoms with Crippen LogP contribution in [0.1, 0.15) is 42.5 Å². The van der Waals surface area contributed by atoms with Gasteiger partial charge in [0.1, 0.15) is 9.98 Å². The highest BCUT2D eigenvalue weighted by atomic mass is 35.5. The second kappa shape index (κ2) is 5.49. The average Bonchev–Trinajstić information content (AvgIpc) is 2.74. The lowest BCUT2D eigenvalue weighted by Crippen LogP contribution is -2.34. The average molecular weight is 310 g/mol. The van der Waals surface area contributed by atoms with E-state index in [1.165, 1.54) is 42.5 Å². The zero-order valence-corrected chi connectivity index (χ0v) is 13.8. The van der Waals surface area contributed by atoms with E-state index in [1.54, 1.807) is 11.3 Å². The van der Waals surface area contributed by atoms with Crippen molar-refractivity contribution in [1.29, 1.82) is 0 Å². The number of fused-ring (bicyclic) bond motifs is 1. The number of hydrogen-bond donors (Lipinski definition) is 0. The molecule has 0 aromatic carbocycles. The van der Waals surface area contributed by atoms with Crippen molar-refractivity contribution in [3.05, 3.63) is 15.6 Å². The Kier molecular flexibility index (Phi) is 3.87. The number of aryl methyl sites for hydroxylation is 2. The molecule has 20 heavy (non-hydrogen) atoms. The first-order chi connectivity index (χ1) is 9.58. The Bertz CT molecular complexity index is 632. The normalized spacial score (nSPS) is 16.8. The monoisotopic (exact) mass is 309 g/mol. The highest BCUT2D eigenvalue weighted by molar-refractivity contribution is 7.18.